The van der Waals surface area contributed by atoms with E-state index in [0.717, 1.165) is 35.1 Å². The Bertz CT molecular complexity index is 880. The molecular weight excluding hydrogens is 282 g/mol. The Kier molecular flexibility index (Phi) is 2.34. The molecule has 4 aliphatic rings. The quantitative estimate of drug-likeness (QED) is 0.602. The van der Waals surface area contributed by atoms with E-state index in [1.165, 1.54) is 48.6 Å². The highest BCUT2D eigenvalue weighted by Crippen LogP contribution is 2.51. The van der Waals surface area contributed by atoms with Gasteiger partial charge in [0.05, 0.1) is 5.69 Å². The maximum Gasteiger partial charge on any atom is 0.158 e. The van der Waals surface area contributed by atoms with Crippen LogP contribution in [0.5, 0.6) is 0 Å². The summed E-state index contributed by atoms with van der Waals surface area (Å²) in [5.74, 6) is 1.98. The molecule has 2 aliphatic carbocycles. The van der Waals surface area contributed by atoms with Crippen molar-refractivity contribution in [2.45, 2.75) is 44.2 Å². The van der Waals surface area contributed by atoms with Gasteiger partial charge in [-0.05, 0) is 56.1 Å². The Morgan fingerprint density at radius 1 is 0.739 bits per heavy atom. The Balaban J connectivity index is 1.56. The van der Waals surface area contributed by atoms with Gasteiger partial charge in [0.15, 0.2) is 5.58 Å². The van der Waals surface area contributed by atoms with Gasteiger partial charge in [0.2, 0.25) is 0 Å². The third-order valence-electron chi connectivity index (χ3n) is 6.54. The van der Waals surface area contributed by atoms with Crippen molar-refractivity contribution in [2.75, 3.05) is 4.90 Å². The number of rotatable bonds is 1. The highest BCUT2D eigenvalue weighted by Gasteiger charge is 2.47. The molecule has 0 radical (unpaired) electrons. The second-order valence-electron chi connectivity index (χ2n) is 7.88. The molecule has 4 fully saturated rings. The summed E-state index contributed by atoms with van der Waals surface area (Å²) in [5, 5.41) is 2.52. The largest absolute Gasteiger partial charge is 0.454 e. The first-order chi connectivity index (χ1) is 11.4. The van der Waals surface area contributed by atoms with Gasteiger partial charge in [-0.2, -0.15) is 0 Å². The predicted molar refractivity (Wildman–Crippen MR) is 93.8 cm³/mol. The van der Waals surface area contributed by atoms with Crippen LogP contribution in [0.15, 0.2) is 46.9 Å². The van der Waals surface area contributed by atoms with Crippen LogP contribution >= 0.6 is 0 Å². The lowest BCUT2D eigenvalue weighted by molar-refractivity contribution is 0.0901. The molecule has 0 amide bonds. The SMILES string of the molecule is c1ccc2c(c1)oc1c(N3C4CC5CC(C4)CC3C5)cccc12. The van der Waals surface area contributed by atoms with Gasteiger partial charge < -0.3 is 9.32 Å². The number of hydrogen-bond acceptors (Lipinski definition) is 2. The fourth-order valence-electron chi connectivity index (χ4n) is 5.86. The molecule has 2 aliphatic heterocycles. The first-order valence-electron chi connectivity index (χ1n) is 9.05. The molecule has 0 atom stereocenters. The monoisotopic (exact) mass is 303 g/mol. The third kappa shape index (κ3) is 1.64. The lowest BCUT2D eigenvalue weighted by Gasteiger charge is -2.57. The zero-order valence-electron chi connectivity index (χ0n) is 13.2. The normalized spacial score (nSPS) is 32.3. The Hall–Kier alpha value is -1.96. The van der Waals surface area contributed by atoms with Crippen molar-refractivity contribution < 1.29 is 4.42 Å². The number of nitrogens with zero attached hydrogens (tertiary/aromatic N) is 1. The summed E-state index contributed by atoms with van der Waals surface area (Å²) in [6, 6.07) is 16.6. The van der Waals surface area contributed by atoms with Crippen LogP contribution in [-0.4, -0.2) is 12.1 Å². The van der Waals surface area contributed by atoms with E-state index < -0.39 is 0 Å². The summed E-state index contributed by atoms with van der Waals surface area (Å²) >= 11 is 0. The summed E-state index contributed by atoms with van der Waals surface area (Å²) in [7, 11) is 0. The van der Waals surface area contributed by atoms with E-state index in [-0.39, 0.29) is 0 Å². The van der Waals surface area contributed by atoms with E-state index in [0.29, 0.717) is 0 Å². The average Bonchev–Trinajstić information content (AvgIpc) is 2.93. The number of hydrogen-bond donors (Lipinski definition) is 0. The lowest BCUT2D eigenvalue weighted by Crippen LogP contribution is -2.58. The number of furan rings is 1. The minimum absolute atomic E-state index is 0.741. The van der Waals surface area contributed by atoms with Crippen LogP contribution < -0.4 is 4.90 Å². The van der Waals surface area contributed by atoms with Crippen molar-refractivity contribution in [3.63, 3.8) is 0 Å². The molecule has 116 valence electrons. The van der Waals surface area contributed by atoms with E-state index in [1.54, 1.807) is 0 Å². The molecule has 2 saturated heterocycles. The third-order valence-corrected chi connectivity index (χ3v) is 6.54. The maximum atomic E-state index is 6.30. The number of fused-ring (bicyclic) bond motifs is 3. The van der Waals surface area contributed by atoms with Gasteiger partial charge in [-0.25, -0.2) is 0 Å². The highest BCUT2D eigenvalue weighted by molar-refractivity contribution is 6.08. The molecule has 2 aromatic carbocycles. The number of para-hydroxylation sites is 2. The first kappa shape index (κ1) is 12.5. The second kappa shape index (κ2) is 4.31. The molecule has 7 rings (SSSR count). The molecule has 4 bridgehead atoms. The van der Waals surface area contributed by atoms with Crippen molar-refractivity contribution >= 4 is 27.6 Å². The summed E-state index contributed by atoms with van der Waals surface area (Å²) in [6.45, 7) is 0. The first-order valence-corrected chi connectivity index (χ1v) is 9.05. The number of benzene rings is 2. The summed E-state index contributed by atoms with van der Waals surface area (Å²) < 4.78 is 6.30. The van der Waals surface area contributed by atoms with Gasteiger partial charge in [0.1, 0.15) is 5.58 Å². The summed E-state index contributed by atoms with van der Waals surface area (Å²) in [4.78, 5) is 2.73. The van der Waals surface area contributed by atoms with Crippen molar-refractivity contribution in [2.24, 2.45) is 11.8 Å². The van der Waals surface area contributed by atoms with Crippen LogP contribution in [0.1, 0.15) is 32.1 Å². The predicted octanol–water partition coefficient (Wildman–Crippen LogP) is 5.35. The maximum absolute atomic E-state index is 6.30. The van der Waals surface area contributed by atoms with Crippen LogP contribution in [0, 0.1) is 11.8 Å². The Labute approximate surface area is 136 Å². The minimum Gasteiger partial charge on any atom is -0.454 e. The van der Waals surface area contributed by atoms with E-state index >= 15 is 0 Å². The molecule has 2 heteroatoms. The van der Waals surface area contributed by atoms with Crippen molar-refractivity contribution in [3.05, 3.63) is 42.5 Å². The van der Waals surface area contributed by atoms with E-state index in [2.05, 4.69) is 47.4 Å². The van der Waals surface area contributed by atoms with Crippen LogP contribution in [0.4, 0.5) is 5.69 Å². The molecule has 3 aromatic rings. The Morgan fingerprint density at radius 3 is 2.22 bits per heavy atom. The molecular formula is C21H21NO. The smallest absolute Gasteiger partial charge is 0.158 e. The summed E-state index contributed by atoms with van der Waals surface area (Å²) in [6.07, 6.45) is 7.07. The van der Waals surface area contributed by atoms with Gasteiger partial charge >= 0.3 is 0 Å². The van der Waals surface area contributed by atoms with Gasteiger partial charge in [0, 0.05) is 22.9 Å². The minimum atomic E-state index is 0.741. The lowest BCUT2D eigenvalue weighted by atomic mass is 9.63. The van der Waals surface area contributed by atoms with E-state index in [9.17, 15) is 0 Å². The fraction of sp³-hybridized carbons (Fsp3) is 0.429. The van der Waals surface area contributed by atoms with Gasteiger partial charge in [-0.15, -0.1) is 0 Å². The highest BCUT2D eigenvalue weighted by atomic mass is 16.3. The standard InChI is InChI=1S/C21H21NO/c1-2-7-20-17(4-1)18-5-3-6-19(21(18)23-20)22-15-9-13-8-14(11-15)12-16(22)10-13/h1-7,13-16H,8-12H2. The van der Waals surface area contributed by atoms with Crippen molar-refractivity contribution in [1.29, 1.82) is 0 Å². The Morgan fingerprint density at radius 2 is 1.43 bits per heavy atom. The second-order valence-corrected chi connectivity index (χ2v) is 7.88. The van der Waals surface area contributed by atoms with Crippen molar-refractivity contribution in [1.82, 2.24) is 0 Å². The van der Waals surface area contributed by atoms with Gasteiger partial charge in [0.25, 0.3) is 0 Å². The average molecular weight is 303 g/mol. The zero-order valence-corrected chi connectivity index (χ0v) is 13.2. The van der Waals surface area contributed by atoms with Crippen LogP contribution in [-0.2, 0) is 0 Å². The molecule has 1 aromatic heterocycles. The van der Waals surface area contributed by atoms with Crippen LogP contribution in [0.3, 0.4) is 0 Å². The molecule has 0 spiro atoms. The molecule has 2 saturated carbocycles. The summed E-state index contributed by atoms with van der Waals surface area (Å²) in [5.41, 5.74) is 3.45. The topological polar surface area (TPSA) is 16.4 Å². The fourth-order valence-corrected chi connectivity index (χ4v) is 5.86. The molecule has 2 nitrogen and oxygen atoms in total. The molecule has 0 N–H and O–H groups in total. The molecule has 3 heterocycles. The van der Waals surface area contributed by atoms with Crippen LogP contribution in [0.25, 0.3) is 21.9 Å². The van der Waals surface area contributed by atoms with Crippen LogP contribution in [0.2, 0.25) is 0 Å². The zero-order chi connectivity index (χ0) is 15.0. The van der Waals surface area contributed by atoms with Crippen molar-refractivity contribution in [3.8, 4) is 0 Å². The van der Waals surface area contributed by atoms with Gasteiger partial charge in [-0.3, -0.25) is 0 Å². The molecule has 0 unspecified atom stereocenters. The number of anilines is 1. The van der Waals surface area contributed by atoms with Gasteiger partial charge in [-0.1, -0.05) is 30.3 Å². The van der Waals surface area contributed by atoms with E-state index in [4.69, 9.17) is 4.42 Å². The molecule has 23 heavy (non-hydrogen) atoms. The van der Waals surface area contributed by atoms with E-state index in [1.807, 2.05) is 0 Å². The number of piperidine rings is 2.